The van der Waals surface area contributed by atoms with E-state index in [1.807, 2.05) is 24.3 Å². The smallest absolute Gasteiger partial charge is 0.319 e. The van der Waals surface area contributed by atoms with Gasteiger partial charge in [-0.15, -0.1) is 5.73 Å². The van der Waals surface area contributed by atoms with Crippen LogP contribution in [0.1, 0.15) is 29.4 Å². The summed E-state index contributed by atoms with van der Waals surface area (Å²) in [6.07, 6.45) is 7.96. The van der Waals surface area contributed by atoms with E-state index in [4.69, 9.17) is 11.6 Å². The molecule has 0 saturated carbocycles. The Labute approximate surface area is 187 Å². The highest BCUT2D eigenvalue weighted by Gasteiger charge is 2.17. The lowest BCUT2D eigenvalue weighted by atomic mass is 9.89. The SMILES string of the molecule is C[C@H]1C=C=C/C(NC(=O)NCc2ccc(Cl)cc2)=C\CC1CNC(=O)c1ccccn1. The van der Waals surface area contributed by atoms with Crippen molar-refractivity contribution >= 4 is 23.5 Å². The number of hydrogen-bond donors (Lipinski definition) is 3. The average molecular weight is 437 g/mol. The van der Waals surface area contributed by atoms with Crippen molar-refractivity contribution < 1.29 is 9.59 Å². The molecule has 3 amide bonds. The molecule has 0 radical (unpaired) electrons. The molecule has 160 valence electrons. The maximum absolute atomic E-state index is 12.3. The second-order valence-electron chi connectivity index (χ2n) is 7.35. The van der Waals surface area contributed by atoms with E-state index >= 15 is 0 Å². The highest BCUT2D eigenvalue weighted by atomic mass is 35.5. The minimum atomic E-state index is -0.298. The lowest BCUT2D eigenvalue weighted by Gasteiger charge is -2.21. The Kier molecular flexibility index (Phi) is 8.05. The lowest BCUT2D eigenvalue weighted by molar-refractivity contribution is 0.0939. The maximum Gasteiger partial charge on any atom is 0.319 e. The second-order valence-corrected chi connectivity index (χ2v) is 7.79. The molecular formula is C24H25ClN4O2. The first-order valence-electron chi connectivity index (χ1n) is 10.1. The zero-order valence-electron chi connectivity index (χ0n) is 17.3. The summed E-state index contributed by atoms with van der Waals surface area (Å²) in [5.41, 5.74) is 5.14. The lowest BCUT2D eigenvalue weighted by Crippen LogP contribution is -2.35. The minimum absolute atomic E-state index is 0.169. The molecule has 3 rings (SSSR count). The van der Waals surface area contributed by atoms with Gasteiger partial charge in [0.15, 0.2) is 0 Å². The first-order chi connectivity index (χ1) is 15.0. The number of pyridine rings is 1. The van der Waals surface area contributed by atoms with Gasteiger partial charge in [-0.25, -0.2) is 4.79 Å². The Hall–Kier alpha value is -3.34. The predicted molar refractivity (Wildman–Crippen MR) is 121 cm³/mol. The summed E-state index contributed by atoms with van der Waals surface area (Å²) in [5, 5.41) is 9.27. The summed E-state index contributed by atoms with van der Waals surface area (Å²) in [4.78, 5) is 28.6. The fourth-order valence-electron chi connectivity index (χ4n) is 3.11. The molecule has 1 unspecified atom stereocenters. The van der Waals surface area contributed by atoms with Gasteiger partial charge in [-0.2, -0.15) is 0 Å². The molecule has 6 nitrogen and oxygen atoms in total. The molecule has 7 heteroatoms. The van der Waals surface area contributed by atoms with Crippen LogP contribution in [0.15, 0.2) is 78.3 Å². The molecule has 0 bridgehead atoms. The number of carbonyl (C=O) groups is 2. The van der Waals surface area contributed by atoms with Crippen molar-refractivity contribution in [2.24, 2.45) is 11.8 Å². The van der Waals surface area contributed by atoms with Crippen LogP contribution in [0.25, 0.3) is 0 Å². The summed E-state index contributed by atoms with van der Waals surface area (Å²) in [7, 11) is 0. The van der Waals surface area contributed by atoms with Gasteiger partial charge < -0.3 is 16.0 Å². The molecule has 0 saturated heterocycles. The summed E-state index contributed by atoms with van der Waals surface area (Å²) in [6.45, 7) is 2.99. The van der Waals surface area contributed by atoms with Gasteiger partial charge in [-0.1, -0.05) is 42.8 Å². The summed E-state index contributed by atoms with van der Waals surface area (Å²) in [5.74, 6) is 0.192. The monoisotopic (exact) mass is 436 g/mol. The molecule has 3 N–H and O–H groups in total. The molecule has 2 atom stereocenters. The van der Waals surface area contributed by atoms with Gasteiger partial charge in [0, 0.05) is 36.1 Å². The number of urea groups is 1. The van der Waals surface area contributed by atoms with Crippen molar-refractivity contribution in [1.82, 2.24) is 20.9 Å². The van der Waals surface area contributed by atoms with E-state index in [0.29, 0.717) is 35.9 Å². The Morgan fingerprint density at radius 2 is 1.97 bits per heavy atom. The van der Waals surface area contributed by atoms with Crippen LogP contribution in [0, 0.1) is 11.8 Å². The van der Waals surface area contributed by atoms with Crippen molar-refractivity contribution in [3.05, 3.63) is 94.6 Å². The first kappa shape index (κ1) is 22.3. The van der Waals surface area contributed by atoms with Gasteiger partial charge in [-0.05, 0) is 54.2 Å². The molecule has 2 aromatic rings. The van der Waals surface area contributed by atoms with Gasteiger partial charge >= 0.3 is 6.03 Å². The van der Waals surface area contributed by atoms with E-state index in [-0.39, 0.29) is 23.8 Å². The molecule has 31 heavy (non-hydrogen) atoms. The van der Waals surface area contributed by atoms with Crippen LogP contribution in [-0.4, -0.2) is 23.5 Å². The number of allylic oxidation sites excluding steroid dienone is 2. The predicted octanol–water partition coefficient (Wildman–Crippen LogP) is 4.22. The normalized spacial score (nSPS) is 19.5. The van der Waals surface area contributed by atoms with Crippen LogP contribution in [-0.2, 0) is 6.54 Å². The van der Waals surface area contributed by atoms with Gasteiger partial charge in [0.05, 0.1) is 0 Å². The number of amides is 3. The zero-order valence-corrected chi connectivity index (χ0v) is 18.0. The van der Waals surface area contributed by atoms with Crippen LogP contribution >= 0.6 is 11.6 Å². The number of hydrogen-bond acceptors (Lipinski definition) is 3. The molecular weight excluding hydrogens is 412 g/mol. The Morgan fingerprint density at radius 1 is 1.16 bits per heavy atom. The molecule has 1 aliphatic rings. The number of carbonyl (C=O) groups excluding carboxylic acids is 2. The second kappa shape index (κ2) is 11.2. The third kappa shape index (κ3) is 7.14. The largest absolute Gasteiger partial charge is 0.350 e. The Morgan fingerprint density at radius 3 is 2.71 bits per heavy atom. The molecule has 1 heterocycles. The highest BCUT2D eigenvalue weighted by Crippen LogP contribution is 2.19. The maximum atomic E-state index is 12.3. The Balaban J connectivity index is 1.53. The van der Waals surface area contributed by atoms with Crippen LogP contribution in [0.2, 0.25) is 5.02 Å². The van der Waals surface area contributed by atoms with Gasteiger partial charge in [0.25, 0.3) is 5.91 Å². The van der Waals surface area contributed by atoms with Crippen molar-refractivity contribution in [1.29, 1.82) is 0 Å². The van der Waals surface area contributed by atoms with E-state index in [0.717, 1.165) is 5.56 Å². The number of benzene rings is 1. The first-order valence-corrected chi connectivity index (χ1v) is 10.5. The van der Waals surface area contributed by atoms with E-state index in [2.05, 4.69) is 33.6 Å². The van der Waals surface area contributed by atoms with Crippen LogP contribution in [0.5, 0.6) is 0 Å². The molecule has 1 aromatic heterocycles. The fraction of sp³-hybridized carbons (Fsp3) is 0.250. The number of nitrogens with one attached hydrogen (secondary N) is 3. The Bertz CT molecular complexity index is 996. The van der Waals surface area contributed by atoms with E-state index in [1.165, 1.54) is 0 Å². The van der Waals surface area contributed by atoms with Gasteiger partial charge in [0.2, 0.25) is 0 Å². The van der Waals surface area contributed by atoms with E-state index in [1.54, 1.807) is 42.6 Å². The standard InChI is InChI=1S/C24H25ClN4O2/c1-17-5-4-6-21(29-24(31)28-15-18-8-11-20(25)12-9-18)13-10-19(17)16-27-23(30)22-7-2-3-14-26-22/h2-3,5-9,11-14,17,19H,10,15-16H2,1H3,(H,27,30)(H2,28,29,31)/b21-13+/t4?,17-,19?/m0/s1. The number of nitrogens with zero attached hydrogens (tertiary/aromatic N) is 1. The van der Waals surface area contributed by atoms with Crippen molar-refractivity contribution in [2.45, 2.75) is 19.9 Å². The van der Waals surface area contributed by atoms with Gasteiger partial charge in [0.1, 0.15) is 5.69 Å². The summed E-state index contributed by atoms with van der Waals surface area (Å²) >= 11 is 5.88. The summed E-state index contributed by atoms with van der Waals surface area (Å²) in [6, 6.07) is 12.3. The average Bonchev–Trinajstić information content (AvgIpc) is 2.77. The number of halogens is 1. The van der Waals surface area contributed by atoms with E-state index < -0.39 is 0 Å². The van der Waals surface area contributed by atoms with Crippen LogP contribution in [0.3, 0.4) is 0 Å². The fourth-order valence-corrected chi connectivity index (χ4v) is 3.23. The third-order valence-corrected chi connectivity index (χ3v) is 5.28. The van der Waals surface area contributed by atoms with E-state index in [9.17, 15) is 9.59 Å². The molecule has 1 aliphatic carbocycles. The highest BCUT2D eigenvalue weighted by molar-refractivity contribution is 6.30. The molecule has 0 fully saturated rings. The third-order valence-electron chi connectivity index (χ3n) is 5.03. The summed E-state index contributed by atoms with van der Waals surface area (Å²) < 4.78 is 0. The van der Waals surface area contributed by atoms with Crippen molar-refractivity contribution in [3.8, 4) is 0 Å². The van der Waals surface area contributed by atoms with Crippen molar-refractivity contribution in [2.75, 3.05) is 6.54 Å². The van der Waals surface area contributed by atoms with Gasteiger partial charge in [-0.3, -0.25) is 9.78 Å². The zero-order chi connectivity index (χ0) is 22.1. The molecule has 0 spiro atoms. The van der Waals surface area contributed by atoms with Crippen molar-refractivity contribution in [3.63, 3.8) is 0 Å². The molecule has 1 aromatic carbocycles. The van der Waals surface area contributed by atoms with Crippen LogP contribution < -0.4 is 16.0 Å². The number of rotatable bonds is 6. The quantitative estimate of drug-likeness (QED) is 0.593. The molecule has 0 aliphatic heterocycles. The number of aromatic nitrogens is 1. The van der Waals surface area contributed by atoms with Crippen LogP contribution in [0.4, 0.5) is 4.79 Å². The minimum Gasteiger partial charge on any atom is -0.350 e. The topological polar surface area (TPSA) is 83.1 Å².